The van der Waals surface area contributed by atoms with Crippen molar-refractivity contribution in [3.05, 3.63) is 29.8 Å². The Morgan fingerprint density at radius 1 is 1.32 bits per heavy atom. The van der Waals surface area contributed by atoms with Gasteiger partial charge in [0.1, 0.15) is 4.90 Å². The zero-order valence-electron chi connectivity index (χ0n) is 11.2. The Labute approximate surface area is 112 Å². The molecule has 2 heterocycles. The fraction of sp³-hybridized carbons (Fsp3) is 0.455. The van der Waals surface area contributed by atoms with Crippen molar-refractivity contribution in [2.45, 2.75) is 31.8 Å². The maximum Gasteiger partial charge on any atom is 0.244 e. The van der Waals surface area contributed by atoms with Crippen LogP contribution < -0.4 is 4.72 Å². The van der Waals surface area contributed by atoms with E-state index in [0.717, 1.165) is 12.1 Å². The molecule has 0 aliphatic rings. The normalized spacial score (nSPS) is 11.9. The Bertz CT molecular complexity index is 671. The first-order chi connectivity index (χ1) is 8.94. The lowest BCUT2D eigenvalue weighted by molar-refractivity contribution is 0.580. The summed E-state index contributed by atoms with van der Waals surface area (Å²) in [6, 6.07) is 0. The second-order valence-corrected chi connectivity index (χ2v) is 5.98. The maximum atomic E-state index is 12.1. The van der Waals surface area contributed by atoms with Gasteiger partial charge in [0.15, 0.2) is 0 Å². The zero-order chi connectivity index (χ0) is 14.0. The van der Waals surface area contributed by atoms with Gasteiger partial charge in [-0.25, -0.2) is 13.1 Å². The fourth-order valence-corrected chi connectivity index (χ4v) is 2.89. The van der Waals surface area contributed by atoms with E-state index in [1.807, 2.05) is 13.1 Å². The molecule has 19 heavy (non-hydrogen) atoms. The van der Waals surface area contributed by atoms with Crippen molar-refractivity contribution in [3.63, 3.8) is 0 Å². The minimum absolute atomic E-state index is 0.206. The lowest BCUT2D eigenvalue weighted by Gasteiger charge is -2.04. The summed E-state index contributed by atoms with van der Waals surface area (Å²) in [6.45, 7) is 4.67. The summed E-state index contributed by atoms with van der Waals surface area (Å²) in [7, 11) is -1.83. The number of rotatable bonds is 5. The van der Waals surface area contributed by atoms with Gasteiger partial charge in [0.05, 0.1) is 18.1 Å². The summed E-state index contributed by atoms with van der Waals surface area (Å²) in [5, 5.41) is 8.03. The van der Waals surface area contributed by atoms with Crippen LogP contribution in [0.3, 0.4) is 0 Å². The molecule has 2 aromatic heterocycles. The summed E-state index contributed by atoms with van der Waals surface area (Å²) < 4.78 is 30.1. The fourth-order valence-electron chi connectivity index (χ4n) is 1.67. The Morgan fingerprint density at radius 2 is 2.05 bits per heavy atom. The van der Waals surface area contributed by atoms with Crippen LogP contribution >= 0.6 is 0 Å². The first kappa shape index (κ1) is 13.8. The first-order valence-electron chi connectivity index (χ1n) is 5.93. The molecule has 0 fully saturated rings. The molecule has 0 aliphatic heterocycles. The summed E-state index contributed by atoms with van der Waals surface area (Å²) in [5.41, 5.74) is 1.43. The molecule has 0 atom stereocenters. The maximum absolute atomic E-state index is 12.1. The van der Waals surface area contributed by atoms with Crippen LogP contribution in [-0.4, -0.2) is 28.0 Å². The van der Waals surface area contributed by atoms with Crippen molar-refractivity contribution >= 4 is 10.0 Å². The standard InChI is InChI=1S/C11H17N5O2S/c1-4-16-8-10(5-13-16)6-14-19(17,18)11-7-12-15(3)9(11)2/h5,7-8,14H,4,6H2,1-3H3. The number of aryl methyl sites for hydroxylation is 2. The van der Waals surface area contributed by atoms with E-state index < -0.39 is 10.0 Å². The van der Waals surface area contributed by atoms with Crippen LogP contribution in [0.25, 0.3) is 0 Å². The summed E-state index contributed by atoms with van der Waals surface area (Å²) >= 11 is 0. The van der Waals surface area contributed by atoms with Gasteiger partial charge >= 0.3 is 0 Å². The summed E-state index contributed by atoms with van der Waals surface area (Å²) in [5.74, 6) is 0. The molecule has 0 spiro atoms. The van der Waals surface area contributed by atoms with Crippen LogP contribution in [0.15, 0.2) is 23.5 Å². The minimum Gasteiger partial charge on any atom is -0.273 e. The van der Waals surface area contributed by atoms with Crippen molar-refractivity contribution in [1.82, 2.24) is 24.3 Å². The van der Waals surface area contributed by atoms with Crippen LogP contribution in [0, 0.1) is 6.92 Å². The highest BCUT2D eigenvalue weighted by atomic mass is 32.2. The molecular weight excluding hydrogens is 266 g/mol. The third kappa shape index (κ3) is 2.85. The lowest BCUT2D eigenvalue weighted by Crippen LogP contribution is -2.23. The van der Waals surface area contributed by atoms with Crippen LogP contribution in [0.1, 0.15) is 18.2 Å². The average molecular weight is 283 g/mol. The predicted octanol–water partition coefficient (Wildman–Crippen LogP) is 0.423. The predicted molar refractivity (Wildman–Crippen MR) is 69.9 cm³/mol. The Morgan fingerprint density at radius 3 is 2.58 bits per heavy atom. The number of hydrogen-bond acceptors (Lipinski definition) is 4. The zero-order valence-corrected chi connectivity index (χ0v) is 12.0. The smallest absolute Gasteiger partial charge is 0.244 e. The molecule has 7 nitrogen and oxygen atoms in total. The third-order valence-corrected chi connectivity index (χ3v) is 4.46. The monoisotopic (exact) mass is 283 g/mol. The molecule has 104 valence electrons. The van der Waals surface area contributed by atoms with Gasteiger partial charge in [-0.2, -0.15) is 10.2 Å². The molecule has 8 heteroatoms. The van der Waals surface area contributed by atoms with E-state index in [0.29, 0.717) is 5.69 Å². The molecular formula is C11H17N5O2S. The van der Waals surface area contributed by atoms with Gasteiger partial charge in [-0.15, -0.1) is 0 Å². The molecule has 0 radical (unpaired) electrons. The van der Waals surface area contributed by atoms with Gasteiger partial charge in [0.2, 0.25) is 10.0 Å². The minimum atomic E-state index is -3.54. The Hall–Kier alpha value is -1.67. The molecule has 1 N–H and O–H groups in total. The number of nitrogens with zero attached hydrogens (tertiary/aromatic N) is 4. The number of nitrogens with one attached hydrogen (secondary N) is 1. The first-order valence-corrected chi connectivity index (χ1v) is 7.42. The van der Waals surface area contributed by atoms with E-state index in [-0.39, 0.29) is 11.4 Å². The van der Waals surface area contributed by atoms with Gasteiger partial charge in [0.25, 0.3) is 0 Å². The highest BCUT2D eigenvalue weighted by molar-refractivity contribution is 7.89. The molecule has 0 saturated heterocycles. The molecule has 0 aliphatic carbocycles. The van der Waals surface area contributed by atoms with Gasteiger partial charge in [-0.05, 0) is 13.8 Å². The second kappa shape index (κ2) is 5.14. The van der Waals surface area contributed by atoms with Crippen molar-refractivity contribution in [1.29, 1.82) is 0 Å². The van der Waals surface area contributed by atoms with E-state index >= 15 is 0 Å². The molecule has 0 bridgehead atoms. The SMILES string of the molecule is CCn1cc(CNS(=O)(=O)c2cnn(C)c2C)cn1. The van der Waals surface area contributed by atoms with Crippen LogP contribution in [0.5, 0.6) is 0 Å². The quantitative estimate of drug-likeness (QED) is 0.862. The van der Waals surface area contributed by atoms with E-state index in [1.165, 1.54) is 10.9 Å². The molecule has 2 aromatic rings. The van der Waals surface area contributed by atoms with Crippen molar-refractivity contribution < 1.29 is 8.42 Å². The number of sulfonamides is 1. The Kier molecular flexibility index (Phi) is 3.72. The van der Waals surface area contributed by atoms with Gasteiger partial charge < -0.3 is 0 Å². The highest BCUT2D eigenvalue weighted by Gasteiger charge is 2.19. The van der Waals surface area contributed by atoms with Crippen molar-refractivity contribution in [3.8, 4) is 0 Å². The average Bonchev–Trinajstić information content (AvgIpc) is 2.95. The summed E-state index contributed by atoms with van der Waals surface area (Å²) in [6.07, 6.45) is 4.83. The van der Waals surface area contributed by atoms with E-state index in [9.17, 15) is 8.42 Å². The van der Waals surface area contributed by atoms with Crippen molar-refractivity contribution in [2.75, 3.05) is 0 Å². The van der Waals surface area contributed by atoms with Crippen LogP contribution in [0.2, 0.25) is 0 Å². The second-order valence-electron chi connectivity index (χ2n) is 4.25. The topological polar surface area (TPSA) is 81.8 Å². The highest BCUT2D eigenvalue weighted by Crippen LogP contribution is 2.13. The Balaban J connectivity index is 2.12. The van der Waals surface area contributed by atoms with E-state index in [2.05, 4.69) is 14.9 Å². The van der Waals surface area contributed by atoms with E-state index in [1.54, 1.807) is 24.9 Å². The van der Waals surface area contributed by atoms with Crippen LogP contribution in [0.4, 0.5) is 0 Å². The van der Waals surface area contributed by atoms with Gasteiger partial charge in [0, 0.05) is 31.9 Å². The molecule has 0 saturated carbocycles. The lowest BCUT2D eigenvalue weighted by atomic mass is 10.4. The largest absolute Gasteiger partial charge is 0.273 e. The summed E-state index contributed by atoms with van der Waals surface area (Å²) in [4.78, 5) is 0.206. The van der Waals surface area contributed by atoms with Gasteiger partial charge in [-0.3, -0.25) is 9.36 Å². The molecule has 0 unspecified atom stereocenters. The third-order valence-electron chi connectivity index (χ3n) is 2.96. The van der Waals surface area contributed by atoms with Gasteiger partial charge in [-0.1, -0.05) is 0 Å². The molecule has 0 aromatic carbocycles. The van der Waals surface area contributed by atoms with Crippen molar-refractivity contribution in [2.24, 2.45) is 7.05 Å². The molecule has 0 amide bonds. The molecule has 2 rings (SSSR count). The van der Waals surface area contributed by atoms with Crippen LogP contribution in [-0.2, 0) is 30.2 Å². The van der Waals surface area contributed by atoms with E-state index in [4.69, 9.17) is 0 Å². The number of aromatic nitrogens is 4. The number of hydrogen-bond donors (Lipinski definition) is 1.